The lowest BCUT2D eigenvalue weighted by Crippen LogP contribution is -2.28. The fourth-order valence-corrected chi connectivity index (χ4v) is 2.66. The molecule has 2 nitrogen and oxygen atoms in total. The molecule has 2 rings (SSSR count). The third-order valence-electron chi connectivity index (χ3n) is 3.79. The molecule has 1 aliphatic rings. The average Bonchev–Trinajstić information content (AvgIpc) is 2.31. The second kappa shape index (κ2) is 4.88. The van der Waals surface area contributed by atoms with Crippen molar-refractivity contribution in [2.45, 2.75) is 38.2 Å². The van der Waals surface area contributed by atoms with Crippen LogP contribution in [0.1, 0.15) is 37.7 Å². The molecule has 3 unspecified atom stereocenters. The highest BCUT2D eigenvalue weighted by atomic mass is 16.5. The monoisotopic (exact) mass is 220 g/mol. The van der Waals surface area contributed by atoms with Crippen LogP contribution in [0.2, 0.25) is 0 Å². The fraction of sp³-hybridized carbons (Fsp3) is 0.571. The van der Waals surface area contributed by atoms with E-state index in [0.29, 0.717) is 23.7 Å². The molecular weight excluding hydrogens is 200 g/mol. The first-order valence-electron chi connectivity index (χ1n) is 6.02. The quantitative estimate of drug-likeness (QED) is 0.828. The van der Waals surface area contributed by atoms with Crippen LogP contribution in [-0.4, -0.2) is 18.3 Å². The number of rotatable bonds is 2. The van der Waals surface area contributed by atoms with E-state index in [1.165, 1.54) is 18.4 Å². The minimum Gasteiger partial charge on any atom is -0.508 e. The number of phenolic OH excluding ortho intramolecular Hbond substituents is 1. The van der Waals surface area contributed by atoms with Crippen molar-refractivity contribution in [3.63, 3.8) is 0 Å². The molecule has 0 saturated heterocycles. The Labute approximate surface area is 97.3 Å². The van der Waals surface area contributed by atoms with Gasteiger partial charge in [0.2, 0.25) is 0 Å². The van der Waals surface area contributed by atoms with E-state index < -0.39 is 0 Å². The van der Waals surface area contributed by atoms with Crippen molar-refractivity contribution in [3.8, 4) is 5.75 Å². The Hall–Kier alpha value is -1.02. The highest BCUT2D eigenvalue weighted by molar-refractivity contribution is 5.28. The van der Waals surface area contributed by atoms with E-state index in [1.807, 2.05) is 12.1 Å². The molecule has 0 aromatic heterocycles. The van der Waals surface area contributed by atoms with E-state index in [2.05, 4.69) is 6.92 Å². The third kappa shape index (κ3) is 2.38. The SMILES string of the molecule is COC1CC(c2ccc(O)cc2)CCC1C. The van der Waals surface area contributed by atoms with Gasteiger partial charge in [0.1, 0.15) is 5.75 Å². The van der Waals surface area contributed by atoms with Gasteiger partial charge in [-0.3, -0.25) is 0 Å². The Kier molecular flexibility index (Phi) is 3.49. The molecule has 1 saturated carbocycles. The van der Waals surface area contributed by atoms with Crippen LogP contribution in [0.3, 0.4) is 0 Å². The predicted molar refractivity (Wildman–Crippen MR) is 64.7 cm³/mol. The van der Waals surface area contributed by atoms with Gasteiger partial charge >= 0.3 is 0 Å². The zero-order valence-electron chi connectivity index (χ0n) is 10.0. The van der Waals surface area contributed by atoms with Crippen LogP contribution in [-0.2, 0) is 4.74 Å². The van der Waals surface area contributed by atoms with Crippen LogP contribution < -0.4 is 0 Å². The summed E-state index contributed by atoms with van der Waals surface area (Å²) in [6.07, 6.45) is 3.94. The minimum atomic E-state index is 0.344. The molecular formula is C14H20O2. The number of aromatic hydroxyl groups is 1. The lowest BCUT2D eigenvalue weighted by Gasteiger charge is -2.33. The van der Waals surface area contributed by atoms with Crippen molar-refractivity contribution in [1.82, 2.24) is 0 Å². The third-order valence-corrected chi connectivity index (χ3v) is 3.79. The molecule has 0 heterocycles. The Morgan fingerprint density at radius 2 is 1.88 bits per heavy atom. The molecule has 88 valence electrons. The fourth-order valence-electron chi connectivity index (χ4n) is 2.66. The number of benzene rings is 1. The number of hydrogen-bond acceptors (Lipinski definition) is 2. The molecule has 0 radical (unpaired) electrons. The van der Waals surface area contributed by atoms with Crippen LogP contribution in [0, 0.1) is 5.92 Å². The topological polar surface area (TPSA) is 29.5 Å². The molecule has 1 N–H and O–H groups in total. The van der Waals surface area contributed by atoms with Crippen molar-refractivity contribution in [1.29, 1.82) is 0 Å². The molecule has 1 aromatic rings. The predicted octanol–water partition coefficient (Wildman–Crippen LogP) is 3.31. The standard InChI is InChI=1S/C14H20O2/c1-10-3-4-12(9-14(10)16-2)11-5-7-13(15)8-6-11/h5-8,10,12,14-15H,3-4,9H2,1-2H3. The number of methoxy groups -OCH3 is 1. The van der Waals surface area contributed by atoms with Crippen LogP contribution in [0.4, 0.5) is 0 Å². The first-order valence-corrected chi connectivity index (χ1v) is 6.02. The van der Waals surface area contributed by atoms with Gasteiger partial charge in [-0.15, -0.1) is 0 Å². The summed E-state index contributed by atoms with van der Waals surface area (Å²) >= 11 is 0. The minimum absolute atomic E-state index is 0.344. The van der Waals surface area contributed by atoms with E-state index >= 15 is 0 Å². The van der Waals surface area contributed by atoms with Gasteiger partial charge in [0.05, 0.1) is 6.10 Å². The van der Waals surface area contributed by atoms with Crippen LogP contribution in [0.25, 0.3) is 0 Å². The Balaban J connectivity index is 2.08. The van der Waals surface area contributed by atoms with Gasteiger partial charge in [0.25, 0.3) is 0 Å². The van der Waals surface area contributed by atoms with Gasteiger partial charge < -0.3 is 9.84 Å². The molecule has 1 aliphatic carbocycles. The van der Waals surface area contributed by atoms with Crippen LogP contribution in [0.15, 0.2) is 24.3 Å². The first-order chi connectivity index (χ1) is 7.70. The maximum Gasteiger partial charge on any atom is 0.115 e. The second-order valence-corrected chi connectivity index (χ2v) is 4.85. The summed E-state index contributed by atoms with van der Waals surface area (Å²) in [4.78, 5) is 0. The normalized spacial score (nSPS) is 30.2. The van der Waals surface area contributed by atoms with Crippen molar-refractivity contribution in [2.24, 2.45) is 5.92 Å². The van der Waals surface area contributed by atoms with Gasteiger partial charge in [0.15, 0.2) is 0 Å². The van der Waals surface area contributed by atoms with Gasteiger partial charge in [-0.05, 0) is 48.8 Å². The summed E-state index contributed by atoms with van der Waals surface area (Å²) in [5.74, 6) is 1.59. The second-order valence-electron chi connectivity index (χ2n) is 4.85. The molecule has 0 amide bonds. The Bertz CT molecular complexity index is 331. The molecule has 1 aromatic carbocycles. The summed E-state index contributed by atoms with van der Waals surface area (Å²) < 4.78 is 5.53. The zero-order valence-corrected chi connectivity index (χ0v) is 10.0. The summed E-state index contributed by atoms with van der Waals surface area (Å²) in [7, 11) is 1.81. The van der Waals surface area contributed by atoms with E-state index in [9.17, 15) is 5.11 Å². The average molecular weight is 220 g/mol. The van der Waals surface area contributed by atoms with E-state index in [0.717, 1.165) is 6.42 Å². The maximum atomic E-state index is 9.27. The Morgan fingerprint density at radius 1 is 1.19 bits per heavy atom. The summed E-state index contributed by atoms with van der Waals surface area (Å²) in [6, 6.07) is 7.61. The molecule has 0 aliphatic heterocycles. The van der Waals surface area contributed by atoms with Crippen molar-refractivity contribution < 1.29 is 9.84 Å². The van der Waals surface area contributed by atoms with Crippen LogP contribution in [0.5, 0.6) is 5.75 Å². The van der Waals surface area contributed by atoms with Gasteiger partial charge in [0, 0.05) is 7.11 Å². The summed E-state index contributed by atoms with van der Waals surface area (Å²) in [5.41, 5.74) is 1.33. The highest BCUT2D eigenvalue weighted by Crippen LogP contribution is 2.37. The van der Waals surface area contributed by atoms with Gasteiger partial charge in [-0.2, -0.15) is 0 Å². The lowest BCUT2D eigenvalue weighted by molar-refractivity contribution is 0.0237. The van der Waals surface area contributed by atoms with Crippen molar-refractivity contribution >= 4 is 0 Å². The molecule has 0 bridgehead atoms. The lowest BCUT2D eigenvalue weighted by atomic mass is 9.77. The highest BCUT2D eigenvalue weighted by Gasteiger charge is 2.28. The first kappa shape index (κ1) is 11.5. The number of hydrogen-bond donors (Lipinski definition) is 1. The van der Waals surface area contributed by atoms with Crippen LogP contribution >= 0.6 is 0 Å². The molecule has 2 heteroatoms. The number of ether oxygens (including phenoxy) is 1. The van der Waals surface area contributed by atoms with Gasteiger partial charge in [-0.1, -0.05) is 19.1 Å². The Morgan fingerprint density at radius 3 is 2.50 bits per heavy atom. The largest absolute Gasteiger partial charge is 0.508 e. The summed E-state index contributed by atoms with van der Waals surface area (Å²) in [6.45, 7) is 2.27. The van der Waals surface area contributed by atoms with E-state index in [4.69, 9.17) is 4.74 Å². The molecule has 0 spiro atoms. The van der Waals surface area contributed by atoms with E-state index in [-0.39, 0.29) is 0 Å². The van der Waals surface area contributed by atoms with Crippen molar-refractivity contribution in [2.75, 3.05) is 7.11 Å². The molecule has 3 atom stereocenters. The van der Waals surface area contributed by atoms with E-state index in [1.54, 1.807) is 19.2 Å². The number of phenols is 1. The molecule has 1 fully saturated rings. The van der Waals surface area contributed by atoms with Crippen molar-refractivity contribution in [3.05, 3.63) is 29.8 Å². The van der Waals surface area contributed by atoms with Gasteiger partial charge in [-0.25, -0.2) is 0 Å². The smallest absolute Gasteiger partial charge is 0.115 e. The summed E-state index contributed by atoms with van der Waals surface area (Å²) in [5, 5.41) is 9.27. The maximum absolute atomic E-state index is 9.27. The molecule has 16 heavy (non-hydrogen) atoms. The zero-order chi connectivity index (χ0) is 11.5.